The quantitative estimate of drug-likeness (QED) is 0.867. The van der Waals surface area contributed by atoms with Crippen LogP contribution < -0.4 is 9.62 Å². The minimum Gasteiger partial charge on any atom is -0.311 e. The van der Waals surface area contributed by atoms with Gasteiger partial charge < -0.3 is 4.90 Å². The molecule has 0 spiro atoms. The lowest BCUT2D eigenvalue weighted by Crippen LogP contribution is -2.37. The lowest BCUT2D eigenvalue weighted by atomic mass is 10.1. The second-order valence-electron chi connectivity index (χ2n) is 6.73. The van der Waals surface area contributed by atoms with E-state index in [1.807, 2.05) is 19.1 Å². The van der Waals surface area contributed by atoms with Gasteiger partial charge in [-0.2, -0.15) is 0 Å². The lowest BCUT2D eigenvalue weighted by molar-refractivity contribution is -0.117. The molecule has 2 aromatic rings. The second kappa shape index (κ2) is 7.02. The first kappa shape index (κ1) is 18.9. The zero-order valence-corrected chi connectivity index (χ0v) is 16.5. The average molecular weight is 393 g/mol. The number of nitrogens with one attached hydrogen (secondary N) is 1. The van der Waals surface area contributed by atoms with E-state index in [4.69, 9.17) is 11.6 Å². The number of anilines is 1. The first-order valence-corrected chi connectivity index (χ1v) is 10.2. The van der Waals surface area contributed by atoms with Crippen molar-refractivity contribution in [3.63, 3.8) is 0 Å². The first-order chi connectivity index (χ1) is 12.2. The monoisotopic (exact) mass is 392 g/mol. The van der Waals surface area contributed by atoms with Crippen LogP contribution in [0.5, 0.6) is 0 Å². The summed E-state index contributed by atoms with van der Waals surface area (Å²) in [5.41, 5.74) is 3.13. The summed E-state index contributed by atoms with van der Waals surface area (Å²) in [7, 11) is -3.71. The topological polar surface area (TPSA) is 66.5 Å². The van der Waals surface area contributed by atoms with Crippen molar-refractivity contribution in [2.75, 3.05) is 11.4 Å². The van der Waals surface area contributed by atoms with E-state index in [-0.39, 0.29) is 12.3 Å². The van der Waals surface area contributed by atoms with Gasteiger partial charge in [-0.25, -0.2) is 13.1 Å². The number of halogens is 1. The van der Waals surface area contributed by atoms with Crippen molar-refractivity contribution in [2.45, 2.75) is 38.1 Å². The highest BCUT2D eigenvalue weighted by atomic mass is 35.5. The van der Waals surface area contributed by atoms with E-state index >= 15 is 0 Å². The minimum atomic E-state index is -3.71. The van der Waals surface area contributed by atoms with Crippen LogP contribution in [0.15, 0.2) is 41.3 Å². The normalized spacial score (nSPS) is 17.8. The number of rotatable bonds is 4. The highest BCUT2D eigenvalue weighted by Gasteiger charge is 2.34. The van der Waals surface area contributed by atoms with Crippen LogP contribution in [0.4, 0.5) is 5.69 Å². The highest BCUT2D eigenvalue weighted by molar-refractivity contribution is 7.89. The van der Waals surface area contributed by atoms with Gasteiger partial charge in [-0.15, -0.1) is 0 Å². The van der Waals surface area contributed by atoms with Crippen LogP contribution in [0.25, 0.3) is 0 Å². The van der Waals surface area contributed by atoms with Gasteiger partial charge in [0.2, 0.25) is 15.9 Å². The number of nitrogens with zero attached hydrogens (tertiary/aromatic N) is 1. The molecule has 5 nitrogen and oxygen atoms in total. The molecule has 1 aliphatic rings. The van der Waals surface area contributed by atoms with Gasteiger partial charge >= 0.3 is 0 Å². The SMILES string of the molecule is Cc1cc(C)c(S(=O)(=O)N[C@@H]2CC(=O)N(c3ccc(Cl)cc3)C2)c(C)c1. The number of carbonyl (C=O) groups is 1. The maximum atomic E-state index is 12.9. The highest BCUT2D eigenvalue weighted by Crippen LogP contribution is 2.26. The van der Waals surface area contributed by atoms with Crippen LogP contribution in [0, 0.1) is 20.8 Å². The number of carbonyl (C=O) groups excluding carboxylic acids is 1. The molecule has 1 N–H and O–H groups in total. The largest absolute Gasteiger partial charge is 0.311 e. The summed E-state index contributed by atoms with van der Waals surface area (Å²) >= 11 is 5.88. The molecule has 0 unspecified atom stereocenters. The number of benzene rings is 2. The Morgan fingerprint density at radius 1 is 1.08 bits per heavy atom. The van der Waals surface area contributed by atoms with Crippen molar-refractivity contribution in [1.29, 1.82) is 0 Å². The van der Waals surface area contributed by atoms with E-state index in [1.165, 1.54) is 0 Å². The van der Waals surface area contributed by atoms with Crippen LogP contribution in [0.1, 0.15) is 23.1 Å². The molecule has 1 atom stereocenters. The van der Waals surface area contributed by atoms with Crippen molar-refractivity contribution in [2.24, 2.45) is 0 Å². The maximum Gasteiger partial charge on any atom is 0.241 e. The summed E-state index contributed by atoms with van der Waals surface area (Å²) in [6.45, 7) is 5.80. The fourth-order valence-corrected chi connectivity index (χ4v) is 5.33. The molecule has 3 rings (SSSR count). The summed E-state index contributed by atoms with van der Waals surface area (Å²) in [6, 6.07) is 10.2. The van der Waals surface area contributed by atoms with Crippen molar-refractivity contribution in [3.8, 4) is 0 Å². The summed E-state index contributed by atoms with van der Waals surface area (Å²) in [6.07, 6.45) is 0.131. The molecule has 1 saturated heterocycles. The van der Waals surface area contributed by atoms with E-state index in [0.717, 1.165) is 5.56 Å². The van der Waals surface area contributed by atoms with Crippen LogP contribution in [-0.2, 0) is 14.8 Å². The summed E-state index contributed by atoms with van der Waals surface area (Å²) < 4.78 is 28.5. The Hall–Kier alpha value is -1.89. The molecular weight excluding hydrogens is 372 g/mol. The predicted octanol–water partition coefficient (Wildman–Crippen LogP) is 3.35. The molecule has 1 amide bonds. The molecule has 0 aliphatic carbocycles. The van der Waals surface area contributed by atoms with Gasteiger partial charge in [0.15, 0.2) is 0 Å². The lowest BCUT2D eigenvalue weighted by Gasteiger charge is -2.18. The minimum absolute atomic E-state index is 0.114. The molecular formula is C19H21ClN2O3S. The first-order valence-electron chi connectivity index (χ1n) is 8.33. The number of hydrogen-bond acceptors (Lipinski definition) is 3. The number of aryl methyl sites for hydroxylation is 3. The van der Waals surface area contributed by atoms with E-state index in [9.17, 15) is 13.2 Å². The molecule has 0 radical (unpaired) electrons. The Balaban J connectivity index is 1.81. The maximum absolute atomic E-state index is 12.9. The van der Waals surface area contributed by atoms with Crippen molar-refractivity contribution in [1.82, 2.24) is 4.72 Å². The molecule has 138 valence electrons. The molecule has 2 aromatic carbocycles. The fourth-order valence-electron chi connectivity index (χ4n) is 3.53. The molecule has 0 aromatic heterocycles. The Labute approximate surface area is 159 Å². The molecule has 1 heterocycles. The summed E-state index contributed by atoms with van der Waals surface area (Å²) in [5, 5.41) is 0.586. The van der Waals surface area contributed by atoms with E-state index in [2.05, 4.69) is 4.72 Å². The van der Waals surface area contributed by atoms with Gasteiger partial charge in [0.05, 0.1) is 4.90 Å². The van der Waals surface area contributed by atoms with Crippen molar-refractivity contribution < 1.29 is 13.2 Å². The third-order valence-electron chi connectivity index (χ3n) is 4.46. The molecule has 7 heteroatoms. The van der Waals surface area contributed by atoms with E-state index in [1.54, 1.807) is 43.0 Å². The zero-order chi connectivity index (χ0) is 19.1. The molecule has 26 heavy (non-hydrogen) atoms. The predicted molar refractivity (Wildman–Crippen MR) is 103 cm³/mol. The van der Waals surface area contributed by atoms with Gasteiger partial charge in [0, 0.05) is 29.7 Å². The van der Waals surface area contributed by atoms with Gasteiger partial charge in [-0.3, -0.25) is 4.79 Å². The smallest absolute Gasteiger partial charge is 0.241 e. The van der Waals surface area contributed by atoms with Crippen molar-refractivity contribution >= 4 is 33.2 Å². The van der Waals surface area contributed by atoms with Crippen LogP contribution in [-0.4, -0.2) is 26.9 Å². The zero-order valence-electron chi connectivity index (χ0n) is 14.9. The third kappa shape index (κ3) is 3.77. The Morgan fingerprint density at radius 3 is 2.23 bits per heavy atom. The molecule has 1 fully saturated rings. The third-order valence-corrected chi connectivity index (χ3v) is 6.54. The second-order valence-corrected chi connectivity index (χ2v) is 8.82. The molecule has 0 bridgehead atoms. The number of sulfonamides is 1. The van der Waals surface area contributed by atoms with E-state index < -0.39 is 16.1 Å². The van der Waals surface area contributed by atoms with E-state index in [0.29, 0.717) is 33.3 Å². The number of hydrogen-bond donors (Lipinski definition) is 1. The van der Waals surface area contributed by atoms with Gasteiger partial charge in [-0.1, -0.05) is 29.3 Å². The standard InChI is InChI=1S/C19H21ClN2O3S/c1-12-8-13(2)19(14(3)9-12)26(24,25)21-16-10-18(23)22(11-16)17-6-4-15(20)5-7-17/h4-9,16,21H,10-11H2,1-3H3/t16-/m1/s1. The van der Waals surface area contributed by atoms with Crippen LogP contribution in [0.3, 0.4) is 0 Å². The molecule has 0 saturated carbocycles. The van der Waals surface area contributed by atoms with Crippen molar-refractivity contribution in [3.05, 3.63) is 58.1 Å². The van der Waals surface area contributed by atoms with Crippen LogP contribution >= 0.6 is 11.6 Å². The average Bonchev–Trinajstić information content (AvgIpc) is 2.86. The van der Waals surface area contributed by atoms with Gasteiger partial charge in [-0.05, 0) is 56.2 Å². The van der Waals surface area contributed by atoms with Gasteiger partial charge in [0.25, 0.3) is 0 Å². The fraction of sp³-hybridized carbons (Fsp3) is 0.316. The Bertz CT molecular complexity index is 932. The Kier molecular flexibility index (Phi) is 5.10. The molecule has 1 aliphatic heterocycles. The number of amides is 1. The van der Waals surface area contributed by atoms with Crippen LogP contribution in [0.2, 0.25) is 5.02 Å². The van der Waals surface area contributed by atoms with Gasteiger partial charge in [0.1, 0.15) is 0 Å². The summed E-state index contributed by atoms with van der Waals surface area (Å²) in [5.74, 6) is -0.114. The summed E-state index contributed by atoms with van der Waals surface area (Å²) in [4.78, 5) is 14.2. The Morgan fingerprint density at radius 2 is 1.65 bits per heavy atom.